The van der Waals surface area contributed by atoms with E-state index in [1.807, 2.05) is 5.32 Å². The number of imide groups is 1. The summed E-state index contributed by atoms with van der Waals surface area (Å²) in [4.78, 5) is 22.1. The van der Waals surface area contributed by atoms with Crippen LogP contribution in [0.5, 0.6) is 0 Å². The largest absolute Gasteiger partial charge is 0.368 e. The van der Waals surface area contributed by atoms with E-state index < -0.39 is 35.2 Å². The van der Waals surface area contributed by atoms with Crippen molar-refractivity contribution in [3.05, 3.63) is 28.2 Å². The number of amides is 2. The average molecular weight is 305 g/mol. The minimum Gasteiger partial charge on any atom is -0.368 e. The van der Waals surface area contributed by atoms with Crippen LogP contribution in [0, 0.1) is 11.6 Å². The molecule has 1 aromatic rings. The molecule has 0 spiro atoms. The monoisotopic (exact) mass is 304 g/mol. The summed E-state index contributed by atoms with van der Waals surface area (Å²) in [7, 11) is 0. The second-order valence-corrected chi connectivity index (χ2v) is 4.47. The van der Waals surface area contributed by atoms with Crippen LogP contribution >= 0.6 is 15.9 Å². The highest BCUT2D eigenvalue weighted by atomic mass is 79.9. The Morgan fingerprint density at radius 3 is 2.35 bits per heavy atom. The first-order valence-corrected chi connectivity index (χ1v) is 5.51. The molecule has 1 atom stereocenters. The van der Waals surface area contributed by atoms with E-state index in [0.717, 1.165) is 12.1 Å². The summed E-state index contributed by atoms with van der Waals surface area (Å²) >= 11 is 2.94. The van der Waals surface area contributed by atoms with Crippen LogP contribution in [0.4, 0.5) is 14.5 Å². The Morgan fingerprint density at radius 2 is 1.88 bits per heavy atom. The lowest BCUT2D eigenvalue weighted by atomic mass is 10.2. The fourth-order valence-electron chi connectivity index (χ4n) is 1.52. The number of anilines is 1. The summed E-state index contributed by atoms with van der Waals surface area (Å²) in [6.07, 6.45) is -0.131. The number of carbonyl (C=O) groups is 2. The lowest BCUT2D eigenvalue weighted by Gasteiger charge is -2.12. The third-order valence-corrected chi connectivity index (χ3v) is 2.75. The maximum absolute atomic E-state index is 13.4. The van der Waals surface area contributed by atoms with E-state index >= 15 is 0 Å². The van der Waals surface area contributed by atoms with Crippen molar-refractivity contribution < 1.29 is 18.4 Å². The maximum atomic E-state index is 13.4. The number of benzene rings is 1. The van der Waals surface area contributed by atoms with Crippen LogP contribution in [0.3, 0.4) is 0 Å². The van der Waals surface area contributed by atoms with Gasteiger partial charge in [0.15, 0.2) is 0 Å². The van der Waals surface area contributed by atoms with Gasteiger partial charge in [0.05, 0.1) is 6.42 Å². The predicted octanol–water partition coefficient (Wildman–Crippen LogP) is 1.55. The van der Waals surface area contributed by atoms with Crippen molar-refractivity contribution >= 4 is 33.4 Å². The lowest BCUT2D eigenvalue weighted by molar-refractivity contribution is -0.124. The zero-order chi connectivity index (χ0) is 12.6. The summed E-state index contributed by atoms with van der Waals surface area (Å²) in [5.41, 5.74) is -0.414. The van der Waals surface area contributed by atoms with E-state index in [9.17, 15) is 18.4 Å². The van der Waals surface area contributed by atoms with Crippen molar-refractivity contribution in [1.29, 1.82) is 0 Å². The molecule has 0 radical (unpaired) electrons. The molecular formula is C10H7BrF2N2O2. The lowest BCUT2D eigenvalue weighted by Crippen LogP contribution is -2.30. The van der Waals surface area contributed by atoms with Crippen LogP contribution in [-0.4, -0.2) is 17.9 Å². The van der Waals surface area contributed by atoms with E-state index in [0.29, 0.717) is 0 Å². The van der Waals surface area contributed by atoms with Gasteiger partial charge in [0.1, 0.15) is 23.4 Å². The number of halogens is 3. The quantitative estimate of drug-likeness (QED) is 0.815. The van der Waals surface area contributed by atoms with Crippen molar-refractivity contribution in [3.63, 3.8) is 0 Å². The van der Waals surface area contributed by atoms with Crippen molar-refractivity contribution in [1.82, 2.24) is 5.32 Å². The molecule has 1 aromatic carbocycles. The summed E-state index contributed by atoms with van der Waals surface area (Å²) in [6, 6.07) is 1.20. The smallest absolute Gasteiger partial charge is 0.249 e. The van der Waals surface area contributed by atoms with Crippen LogP contribution in [0.25, 0.3) is 0 Å². The minimum atomic E-state index is -0.937. The van der Waals surface area contributed by atoms with Crippen molar-refractivity contribution in [2.24, 2.45) is 0 Å². The second kappa shape index (κ2) is 4.40. The van der Waals surface area contributed by atoms with E-state index in [1.165, 1.54) is 0 Å². The fraction of sp³-hybridized carbons (Fsp3) is 0.200. The first-order chi connectivity index (χ1) is 7.97. The third-order valence-electron chi connectivity index (χ3n) is 2.29. The molecule has 0 aliphatic carbocycles. The van der Waals surface area contributed by atoms with Gasteiger partial charge in [0.2, 0.25) is 11.8 Å². The molecule has 1 heterocycles. The molecule has 1 aliphatic rings. The van der Waals surface area contributed by atoms with Crippen LogP contribution in [0.15, 0.2) is 16.6 Å². The van der Waals surface area contributed by atoms with E-state index in [4.69, 9.17) is 0 Å². The van der Waals surface area contributed by atoms with Crippen molar-refractivity contribution in [2.45, 2.75) is 12.5 Å². The van der Waals surface area contributed by atoms with Gasteiger partial charge in [-0.05, 0) is 12.1 Å². The Hall–Kier alpha value is -1.50. The van der Waals surface area contributed by atoms with Crippen molar-refractivity contribution in [3.8, 4) is 0 Å². The average Bonchev–Trinajstić information content (AvgIpc) is 2.51. The van der Waals surface area contributed by atoms with E-state index in [2.05, 4.69) is 21.2 Å². The Balaban J connectivity index is 2.25. The highest BCUT2D eigenvalue weighted by Gasteiger charge is 2.31. The van der Waals surface area contributed by atoms with E-state index in [-0.39, 0.29) is 10.9 Å². The molecule has 0 bridgehead atoms. The normalized spacial score (nSPS) is 19.4. The molecule has 7 heteroatoms. The Kier molecular flexibility index (Phi) is 3.10. The molecule has 90 valence electrons. The van der Waals surface area contributed by atoms with Gasteiger partial charge in [-0.3, -0.25) is 14.9 Å². The van der Waals surface area contributed by atoms with Crippen LogP contribution in [-0.2, 0) is 9.59 Å². The molecule has 1 fully saturated rings. The Morgan fingerprint density at radius 1 is 1.29 bits per heavy atom. The minimum absolute atomic E-state index is 0.131. The van der Waals surface area contributed by atoms with Crippen molar-refractivity contribution in [2.75, 3.05) is 5.32 Å². The van der Waals surface area contributed by atoms with Gasteiger partial charge in [-0.1, -0.05) is 15.9 Å². The van der Waals surface area contributed by atoms with Gasteiger partial charge >= 0.3 is 0 Å². The second-order valence-electron chi connectivity index (χ2n) is 3.56. The number of rotatable bonds is 2. The topological polar surface area (TPSA) is 58.2 Å². The molecule has 17 heavy (non-hydrogen) atoms. The summed E-state index contributed by atoms with van der Waals surface area (Å²) < 4.78 is 27.1. The SMILES string of the molecule is O=C1CC(Nc2c(F)cc(Br)cc2F)C(=O)N1. The van der Waals surface area contributed by atoms with Gasteiger partial charge in [-0.2, -0.15) is 0 Å². The van der Waals surface area contributed by atoms with Gasteiger partial charge in [0.25, 0.3) is 0 Å². The van der Waals surface area contributed by atoms with Crippen LogP contribution < -0.4 is 10.6 Å². The number of nitrogens with one attached hydrogen (secondary N) is 2. The van der Waals surface area contributed by atoms with Crippen LogP contribution in [0.1, 0.15) is 6.42 Å². The number of carbonyl (C=O) groups excluding carboxylic acids is 2. The molecule has 2 amide bonds. The number of hydrogen-bond donors (Lipinski definition) is 2. The summed E-state index contributed by atoms with van der Waals surface area (Å²) in [5.74, 6) is -2.71. The Labute approximate surface area is 104 Å². The standard InChI is InChI=1S/C10H7BrF2N2O2/c11-4-1-5(12)9(6(13)2-4)14-7-3-8(16)15-10(7)17/h1-2,7,14H,3H2,(H,15,16,17). The first-order valence-electron chi connectivity index (χ1n) is 4.72. The molecule has 0 aromatic heterocycles. The molecule has 0 saturated carbocycles. The molecule has 1 unspecified atom stereocenters. The van der Waals surface area contributed by atoms with Gasteiger partial charge in [-0.15, -0.1) is 0 Å². The number of hydrogen-bond acceptors (Lipinski definition) is 3. The third kappa shape index (κ3) is 2.44. The van der Waals surface area contributed by atoms with Gasteiger partial charge < -0.3 is 5.32 Å². The maximum Gasteiger partial charge on any atom is 0.249 e. The molecule has 1 saturated heterocycles. The fourth-order valence-corrected chi connectivity index (χ4v) is 1.93. The highest BCUT2D eigenvalue weighted by molar-refractivity contribution is 9.10. The predicted molar refractivity (Wildman–Crippen MR) is 59.2 cm³/mol. The van der Waals surface area contributed by atoms with Gasteiger partial charge in [-0.25, -0.2) is 8.78 Å². The highest BCUT2D eigenvalue weighted by Crippen LogP contribution is 2.25. The Bertz CT molecular complexity index is 484. The van der Waals surface area contributed by atoms with E-state index in [1.54, 1.807) is 0 Å². The zero-order valence-corrected chi connectivity index (χ0v) is 9.98. The molecule has 2 N–H and O–H groups in total. The molecule has 2 rings (SSSR count). The molecular weight excluding hydrogens is 298 g/mol. The summed E-state index contributed by atoms with van der Waals surface area (Å²) in [6.45, 7) is 0. The first kappa shape index (κ1) is 12.0. The zero-order valence-electron chi connectivity index (χ0n) is 8.39. The summed E-state index contributed by atoms with van der Waals surface area (Å²) in [5, 5.41) is 4.42. The van der Waals surface area contributed by atoms with Gasteiger partial charge in [0, 0.05) is 4.47 Å². The molecule has 4 nitrogen and oxygen atoms in total. The molecule has 1 aliphatic heterocycles. The van der Waals surface area contributed by atoms with Crippen LogP contribution in [0.2, 0.25) is 0 Å².